The van der Waals surface area contributed by atoms with Gasteiger partial charge in [-0.3, -0.25) is 0 Å². The van der Waals surface area contributed by atoms with Gasteiger partial charge in [0.15, 0.2) is 0 Å². The van der Waals surface area contributed by atoms with Crippen LogP contribution in [-0.2, 0) is 0 Å². The average molecular weight is 259 g/mol. The molecule has 0 aliphatic rings. The molecule has 0 radical (unpaired) electrons. The topological polar surface area (TPSA) is 12.9 Å². The van der Waals surface area contributed by atoms with Crippen LogP contribution in [0.15, 0.2) is 0 Å². The largest absolute Gasteiger partial charge is 0.185 e. The van der Waals surface area contributed by atoms with E-state index in [0.717, 1.165) is 13.6 Å². The number of hydrogen-bond acceptors (Lipinski definition) is 2. The third-order valence-corrected chi connectivity index (χ3v) is 3.42. The number of halogens is 2. The van der Waals surface area contributed by atoms with Crippen LogP contribution in [0.3, 0.4) is 0 Å². The summed E-state index contributed by atoms with van der Waals surface area (Å²) in [6.07, 6.45) is 0. The molecule has 4 heteroatoms. The molecule has 0 bridgehead atoms. The Morgan fingerprint density at radius 1 is 1.75 bits per heavy atom. The molecule has 0 saturated heterocycles. The van der Waals surface area contributed by atoms with Crippen LogP contribution in [-0.4, -0.2) is 4.37 Å². The highest BCUT2D eigenvalue weighted by atomic mass is 127. The Bertz CT molecular complexity index is 178. The van der Waals surface area contributed by atoms with Crippen LogP contribution in [0.1, 0.15) is 5.56 Å². The Labute approximate surface area is 70.4 Å². The summed E-state index contributed by atoms with van der Waals surface area (Å²) in [7, 11) is 0. The molecule has 0 N–H and O–H groups in total. The summed E-state index contributed by atoms with van der Waals surface area (Å²) in [6.45, 7) is 1.97. The summed E-state index contributed by atoms with van der Waals surface area (Å²) in [5.74, 6) is 0. The Morgan fingerprint density at radius 3 is 2.50 bits per heavy atom. The van der Waals surface area contributed by atoms with Crippen LogP contribution in [0.2, 0.25) is 4.34 Å². The van der Waals surface area contributed by atoms with E-state index >= 15 is 0 Å². The van der Waals surface area contributed by atoms with Crippen molar-refractivity contribution < 1.29 is 0 Å². The first-order chi connectivity index (χ1) is 3.72. The lowest BCUT2D eigenvalue weighted by Crippen LogP contribution is -1.69. The van der Waals surface area contributed by atoms with E-state index in [1.807, 2.05) is 6.92 Å². The van der Waals surface area contributed by atoms with Crippen LogP contribution in [0, 0.1) is 10.6 Å². The molecule has 1 nitrogen and oxygen atoms in total. The molecule has 1 rings (SSSR count). The van der Waals surface area contributed by atoms with E-state index in [2.05, 4.69) is 27.0 Å². The van der Waals surface area contributed by atoms with Crippen molar-refractivity contribution in [1.29, 1.82) is 0 Å². The number of hydrogen-bond donors (Lipinski definition) is 0. The predicted octanol–water partition coefficient (Wildman–Crippen LogP) is 2.71. The van der Waals surface area contributed by atoms with Crippen molar-refractivity contribution in [2.24, 2.45) is 0 Å². The Hall–Kier alpha value is 0.650. The van der Waals surface area contributed by atoms with Crippen LogP contribution < -0.4 is 0 Å². The molecule has 1 aromatic heterocycles. The molecule has 1 aromatic rings. The van der Waals surface area contributed by atoms with Gasteiger partial charge in [-0.25, -0.2) is 0 Å². The first kappa shape index (κ1) is 6.77. The second kappa shape index (κ2) is 2.49. The van der Waals surface area contributed by atoms with Crippen molar-refractivity contribution in [2.45, 2.75) is 6.92 Å². The Balaban J connectivity index is 3.19. The maximum absolute atomic E-state index is 5.68. The second-order valence-electron chi connectivity index (χ2n) is 1.37. The van der Waals surface area contributed by atoms with Gasteiger partial charge in [0.2, 0.25) is 0 Å². The molecule has 0 unspecified atom stereocenters. The van der Waals surface area contributed by atoms with Crippen LogP contribution in [0.4, 0.5) is 0 Å². The molecule has 0 fully saturated rings. The molecule has 0 aliphatic carbocycles. The van der Waals surface area contributed by atoms with E-state index in [1.165, 1.54) is 11.5 Å². The van der Waals surface area contributed by atoms with Crippen molar-refractivity contribution in [1.82, 2.24) is 4.37 Å². The van der Waals surface area contributed by atoms with Crippen molar-refractivity contribution in [2.75, 3.05) is 0 Å². The van der Waals surface area contributed by atoms with Crippen LogP contribution >= 0.6 is 45.7 Å². The second-order valence-corrected chi connectivity index (χ2v) is 3.77. The molecular weight excluding hydrogens is 256 g/mol. The summed E-state index contributed by atoms with van der Waals surface area (Å²) >= 11 is 9.18. The quantitative estimate of drug-likeness (QED) is 0.653. The molecule has 0 aromatic carbocycles. The molecule has 0 aliphatic heterocycles. The monoisotopic (exact) mass is 259 g/mol. The third kappa shape index (κ3) is 1.14. The zero-order chi connectivity index (χ0) is 6.15. The first-order valence-corrected chi connectivity index (χ1v) is 4.22. The third-order valence-electron chi connectivity index (χ3n) is 0.810. The van der Waals surface area contributed by atoms with E-state index < -0.39 is 0 Å². The standard InChI is InChI=1S/C4H3ClINS/c1-2-3(5)8-7-4(2)6/h1H3. The molecular formula is C4H3ClINS. The SMILES string of the molecule is Cc1c(I)nsc1Cl. The lowest BCUT2D eigenvalue weighted by Gasteiger charge is -1.79. The number of aromatic nitrogens is 1. The van der Waals surface area contributed by atoms with Crippen molar-refractivity contribution in [3.8, 4) is 0 Å². The molecule has 0 amide bonds. The number of rotatable bonds is 0. The fourth-order valence-corrected chi connectivity index (χ4v) is 1.93. The molecule has 0 atom stereocenters. The zero-order valence-electron chi connectivity index (χ0n) is 4.11. The zero-order valence-corrected chi connectivity index (χ0v) is 7.84. The van der Waals surface area contributed by atoms with Gasteiger partial charge in [-0.05, 0) is 41.0 Å². The highest BCUT2D eigenvalue weighted by molar-refractivity contribution is 14.1. The van der Waals surface area contributed by atoms with Crippen molar-refractivity contribution >= 4 is 45.7 Å². The maximum atomic E-state index is 5.68. The highest BCUT2D eigenvalue weighted by Gasteiger charge is 2.01. The minimum Gasteiger partial charge on any atom is -0.185 e. The Morgan fingerprint density at radius 2 is 2.38 bits per heavy atom. The molecule has 44 valence electrons. The van der Waals surface area contributed by atoms with Gasteiger partial charge >= 0.3 is 0 Å². The van der Waals surface area contributed by atoms with E-state index in [-0.39, 0.29) is 0 Å². The maximum Gasteiger partial charge on any atom is 0.119 e. The predicted molar refractivity (Wildman–Crippen MR) is 44.6 cm³/mol. The van der Waals surface area contributed by atoms with Gasteiger partial charge in [0.1, 0.15) is 8.04 Å². The lowest BCUT2D eigenvalue weighted by atomic mass is 10.4. The fraction of sp³-hybridized carbons (Fsp3) is 0.250. The minimum atomic E-state index is 0.800. The summed E-state index contributed by atoms with van der Waals surface area (Å²) < 4.78 is 5.82. The first-order valence-electron chi connectivity index (χ1n) is 1.99. The van der Waals surface area contributed by atoms with Gasteiger partial charge < -0.3 is 0 Å². The minimum absolute atomic E-state index is 0.800. The summed E-state index contributed by atoms with van der Waals surface area (Å²) in [4.78, 5) is 0. The van der Waals surface area contributed by atoms with Crippen molar-refractivity contribution in [3.05, 3.63) is 13.6 Å². The van der Waals surface area contributed by atoms with Crippen LogP contribution in [0.5, 0.6) is 0 Å². The van der Waals surface area contributed by atoms with Gasteiger partial charge in [-0.15, -0.1) is 0 Å². The fourth-order valence-electron chi connectivity index (χ4n) is 0.298. The summed E-state index contributed by atoms with van der Waals surface area (Å²) in [5.41, 5.74) is 1.09. The lowest BCUT2D eigenvalue weighted by molar-refractivity contribution is 1.38. The summed E-state index contributed by atoms with van der Waals surface area (Å²) in [5, 5.41) is 0. The normalized spacial score (nSPS) is 9.88. The van der Waals surface area contributed by atoms with Gasteiger partial charge in [0.05, 0.1) is 0 Å². The highest BCUT2D eigenvalue weighted by Crippen LogP contribution is 2.23. The van der Waals surface area contributed by atoms with E-state index in [1.54, 1.807) is 0 Å². The summed E-state index contributed by atoms with van der Waals surface area (Å²) in [6, 6.07) is 0. The van der Waals surface area contributed by atoms with Gasteiger partial charge in [0.25, 0.3) is 0 Å². The molecule has 8 heavy (non-hydrogen) atoms. The van der Waals surface area contributed by atoms with Crippen molar-refractivity contribution in [3.63, 3.8) is 0 Å². The van der Waals surface area contributed by atoms with Crippen LogP contribution in [0.25, 0.3) is 0 Å². The van der Waals surface area contributed by atoms with Gasteiger partial charge in [-0.2, -0.15) is 4.37 Å². The smallest absolute Gasteiger partial charge is 0.119 e. The molecule has 0 spiro atoms. The molecule has 0 saturated carbocycles. The van der Waals surface area contributed by atoms with E-state index in [0.29, 0.717) is 0 Å². The average Bonchev–Trinajstić information content (AvgIpc) is 1.98. The molecule has 1 heterocycles. The Kier molecular flexibility index (Phi) is 2.11. The van der Waals surface area contributed by atoms with Gasteiger partial charge in [-0.1, -0.05) is 11.6 Å². The van der Waals surface area contributed by atoms with E-state index in [9.17, 15) is 0 Å². The number of nitrogens with zero attached hydrogens (tertiary/aromatic N) is 1. The van der Waals surface area contributed by atoms with Gasteiger partial charge in [0, 0.05) is 5.56 Å². The van der Waals surface area contributed by atoms with E-state index in [4.69, 9.17) is 11.6 Å².